The summed E-state index contributed by atoms with van der Waals surface area (Å²) >= 11 is 3.01. The lowest BCUT2D eigenvalue weighted by Gasteiger charge is -2.17. The summed E-state index contributed by atoms with van der Waals surface area (Å²) in [7, 11) is 0. The van der Waals surface area contributed by atoms with Gasteiger partial charge in [0, 0.05) is 33.8 Å². The number of carbonyl (C=O) groups excluding carboxylic acids is 2. The van der Waals surface area contributed by atoms with Gasteiger partial charge in [-0.25, -0.2) is 4.98 Å². The van der Waals surface area contributed by atoms with Crippen LogP contribution in [0.5, 0.6) is 0 Å². The number of fused-ring (bicyclic) bond motifs is 1. The van der Waals surface area contributed by atoms with Gasteiger partial charge in [0.2, 0.25) is 5.91 Å². The molecule has 0 spiro atoms. The van der Waals surface area contributed by atoms with Gasteiger partial charge in [0.1, 0.15) is 0 Å². The summed E-state index contributed by atoms with van der Waals surface area (Å²) in [5.41, 5.74) is 5.42. The van der Waals surface area contributed by atoms with Crippen LogP contribution in [0.1, 0.15) is 20.9 Å². The van der Waals surface area contributed by atoms with Crippen molar-refractivity contribution in [1.82, 2.24) is 4.98 Å². The summed E-state index contributed by atoms with van der Waals surface area (Å²) in [5, 5.41) is 6.02. The molecule has 1 aromatic heterocycles. The highest BCUT2D eigenvalue weighted by Crippen LogP contribution is 2.30. The Hall–Kier alpha value is -3.42. The second-order valence-corrected chi connectivity index (χ2v) is 10.1. The summed E-state index contributed by atoms with van der Waals surface area (Å²) < 4.78 is 0. The van der Waals surface area contributed by atoms with Crippen molar-refractivity contribution in [2.45, 2.75) is 18.2 Å². The fourth-order valence-corrected chi connectivity index (χ4v) is 5.56. The lowest BCUT2D eigenvalue weighted by molar-refractivity contribution is -0.116. The molecule has 0 atom stereocenters. The Morgan fingerprint density at radius 1 is 1.03 bits per heavy atom. The number of nitrogens with one attached hydrogen (secondary N) is 1. The Morgan fingerprint density at radius 2 is 1.79 bits per heavy atom. The molecule has 7 heteroatoms. The molecule has 3 aromatic carbocycles. The summed E-state index contributed by atoms with van der Waals surface area (Å²) in [4.78, 5) is 33.1. The first kappa shape index (κ1) is 22.4. The molecule has 0 saturated heterocycles. The van der Waals surface area contributed by atoms with Crippen LogP contribution in [0.3, 0.4) is 0 Å². The van der Waals surface area contributed by atoms with Crippen molar-refractivity contribution in [2.24, 2.45) is 0 Å². The smallest absolute Gasteiger partial charge is 0.256 e. The number of amides is 2. The third-order valence-electron chi connectivity index (χ3n) is 5.73. The topological polar surface area (TPSA) is 62.3 Å². The highest BCUT2D eigenvalue weighted by Gasteiger charge is 2.24. The quantitative estimate of drug-likeness (QED) is 0.338. The number of anilines is 2. The Kier molecular flexibility index (Phi) is 6.47. The summed E-state index contributed by atoms with van der Waals surface area (Å²) in [5.74, 6) is 0.137. The van der Waals surface area contributed by atoms with Gasteiger partial charge in [-0.3, -0.25) is 9.59 Å². The number of rotatable bonds is 6. The number of hydrogen-bond acceptors (Lipinski definition) is 5. The molecular formula is C27H23N3O2S2. The van der Waals surface area contributed by atoms with E-state index in [1.165, 1.54) is 17.3 Å². The number of thioether (sulfide) groups is 1. The van der Waals surface area contributed by atoms with Gasteiger partial charge in [-0.2, -0.15) is 0 Å². The van der Waals surface area contributed by atoms with Crippen molar-refractivity contribution in [3.05, 3.63) is 94.3 Å². The number of thiazole rings is 1. The van der Waals surface area contributed by atoms with Crippen LogP contribution in [0.25, 0.3) is 11.3 Å². The molecule has 0 aliphatic carbocycles. The van der Waals surface area contributed by atoms with Crippen LogP contribution in [-0.4, -0.2) is 29.1 Å². The van der Waals surface area contributed by atoms with Crippen molar-refractivity contribution >= 4 is 46.3 Å². The first-order valence-corrected chi connectivity index (χ1v) is 12.9. The van der Waals surface area contributed by atoms with E-state index in [1.54, 1.807) is 17.4 Å². The average molecular weight is 486 g/mol. The van der Waals surface area contributed by atoms with Crippen molar-refractivity contribution < 1.29 is 9.59 Å². The summed E-state index contributed by atoms with van der Waals surface area (Å²) in [6.45, 7) is 2.69. The molecule has 0 bridgehead atoms. The molecule has 0 saturated carbocycles. The van der Waals surface area contributed by atoms with Gasteiger partial charge in [0.25, 0.3) is 5.91 Å². The zero-order valence-corrected chi connectivity index (χ0v) is 20.3. The number of benzene rings is 3. The van der Waals surface area contributed by atoms with E-state index in [2.05, 4.69) is 16.4 Å². The van der Waals surface area contributed by atoms with Crippen LogP contribution in [-0.2, 0) is 11.2 Å². The van der Waals surface area contributed by atoms with Crippen LogP contribution < -0.4 is 10.2 Å². The predicted octanol–water partition coefficient (Wildman–Crippen LogP) is 6.05. The van der Waals surface area contributed by atoms with E-state index < -0.39 is 0 Å². The fraction of sp³-hybridized carbons (Fsp3) is 0.148. The van der Waals surface area contributed by atoms with Gasteiger partial charge in [0.05, 0.1) is 22.0 Å². The molecule has 0 unspecified atom stereocenters. The monoisotopic (exact) mass is 485 g/mol. The SMILES string of the molecule is Cc1nc(-c2ccc(NC(=O)c3ccccc3SCC(=O)N3CCc4ccccc43)cc2)cs1. The molecule has 0 radical (unpaired) electrons. The molecule has 0 fully saturated rings. The van der Waals surface area contributed by atoms with E-state index in [0.29, 0.717) is 17.8 Å². The van der Waals surface area contributed by atoms with Crippen molar-refractivity contribution in [2.75, 3.05) is 22.5 Å². The first-order valence-electron chi connectivity index (χ1n) is 11.0. The van der Waals surface area contributed by atoms with Gasteiger partial charge >= 0.3 is 0 Å². The maximum absolute atomic E-state index is 13.0. The molecule has 4 aromatic rings. The Bertz CT molecular complexity index is 1350. The van der Waals surface area contributed by atoms with Gasteiger partial charge in [-0.05, 0) is 49.2 Å². The van der Waals surface area contributed by atoms with Crippen molar-refractivity contribution in [1.29, 1.82) is 0 Å². The van der Waals surface area contributed by atoms with E-state index >= 15 is 0 Å². The highest BCUT2D eigenvalue weighted by molar-refractivity contribution is 8.00. The van der Waals surface area contributed by atoms with E-state index in [1.807, 2.05) is 77.9 Å². The summed E-state index contributed by atoms with van der Waals surface area (Å²) in [6, 6.07) is 23.1. The number of para-hydroxylation sites is 1. The third-order valence-corrected chi connectivity index (χ3v) is 7.56. The van der Waals surface area contributed by atoms with Crippen LogP contribution in [0.2, 0.25) is 0 Å². The highest BCUT2D eigenvalue weighted by atomic mass is 32.2. The molecular weight excluding hydrogens is 462 g/mol. The standard InChI is InChI=1S/C27H23N3O2S2/c1-18-28-23(16-33-18)19-10-12-21(13-11-19)29-27(32)22-7-3-5-9-25(22)34-17-26(31)30-15-14-20-6-2-4-8-24(20)30/h2-13,16H,14-15,17H2,1H3,(H,29,32). The first-order chi connectivity index (χ1) is 16.6. The Morgan fingerprint density at radius 3 is 2.59 bits per heavy atom. The lowest BCUT2D eigenvalue weighted by atomic mass is 10.1. The van der Waals surface area contributed by atoms with Gasteiger partial charge in [-0.1, -0.05) is 42.5 Å². The molecule has 5 nitrogen and oxygen atoms in total. The van der Waals surface area contributed by atoms with E-state index in [-0.39, 0.29) is 17.6 Å². The maximum atomic E-state index is 13.0. The molecule has 170 valence electrons. The molecule has 1 N–H and O–H groups in total. The van der Waals surface area contributed by atoms with Gasteiger partial charge < -0.3 is 10.2 Å². The molecule has 1 aliphatic heterocycles. The average Bonchev–Trinajstić information content (AvgIpc) is 3.49. The minimum atomic E-state index is -0.195. The van der Waals surface area contributed by atoms with E-state index in [9.17, 15) is 9.59 Å². The zero-order valence-electron chi connectivity index (χ0n) is 18.7. The van der Waals surface area contributed by atoms with E-state index in [4.69, 9.17) is 0 Å². The maximum Gasteiger partial charge on any atom is 0.256 e. The predicted molar refractivity (Wildman–Crippen MR) is 140 cm³/mol. The van der Waals surface area contributed by atoms with Crippen LogP contribution in [0, 0.1) is 6.92 Å². The molecule has 2 amide bonds. The minimum absolute atomic E-state index is 0.0537. The minimum Gasteiger partial charge on any atom is -0.322 e. The normalized spacial score (nSPS) is 12.4. The van der Waals surface area contributed by atoms with E-state index in [0.717, 1.165) is 33.3 Å². The second-order valence-electron chi connectivity index (χ2n) is 7.99. The van der Waals surface area contributed by atoms with Crippen molar-refractivity contribution in [3.63, 3.8) is 0 Å². The largest absolute Gasteiger partial charge is 0.322 e. The number of aromatic nitrogens is 1. The van der Waals surface area contributed by atoms with Gasteiger partial charge in [-0.15, -0.1) is 23.1 Å². The van der Waals surface area contributed by atoms with Crippen LogP contribution >= 0.6 is 23.1 Å². The Balaban J connectivity index is 1.25. The van der Waals surface area contributed by atoms with Crippen LogP contribution in [0.15, 0.2) is 83.1 Å². The van der Waals surface area contributed by atoms with Gasteiger partial charge in [0.15, 0.2) is 0 Å². The zero-order chi connectivity index (χ0) is 23.5. The Labute approximate surface area is 206 Å². The molecule has 34 heavy (non-hydrogen) atoms. The second kappa shape index (κ2) is 9.83. The number of carbonyl (C=O) groups is 2. The number of hydrogen-bond donors (Lipinski definition) is 1. The molecule has 2 heterocycles. The molecule has 5 rings (SSSR count). The number of aryl methyl sites for hydroxylation is 1. The fourth-order valence-electron chi connectivity index (χ4n) is 4.01. The van der Waals surface area contributed by atoms with Crippen molar-refractivity contribution in [3.8, 4) is 11.3 Å². The summed E-state index contributed by atoms with van der Waals surface area (Å²) in [6.07, 6.45) is 0.881. The number of nitrogens with zero attached hydrogens (tertiary/aromatic N) is 2. The third kappa shape index (κ3) is 4.76. The molecule has 1 aliphatic rings. The lowest BCUT2D eigenvalue weighted by Crippen LogP contribution is -2.30. The van der Waals surface area contributed by atoms with Crippen LogP contribution in [0.4, 0.5) is 11.4 Å².